The first-order valence-electron chi connectivity index (χ1n) is 13.2. The second kappa shape index (κ2) is 14.2. The fourth-order valence-corrected chi connectivity index (χ4v) is 4.36. The normalized spacial score (nSPS) is 11.0. The van der Waals surface area contributed by atoms with Crippen LogP contribution in [0.3, 0.4) is 0 Å². The average Bonchev–Trinajstić information content (AvgIpc) is 2.95. The third kappa shape index (κ3) is 7.98. The highest BCUT2D eigenvalue weighted by Gasteiger charge is 2.16. The molecule has 0 saturated heterocycles. The molecule has 1 aromatic heterocycles. The van der Waals surface area contributed by atoms with Crippen LogP contribution in [0.15, 0.2) is 79.0 Å². The number of amides is 1. The molecule has 210 valence electrons. The number of anilines is 3. The van der Waals surface area contributed by atoms with Gasteiger partial charge in [0, 0.05) is 42.4 Å². The molecule has 9 heteroatoms. The Morgan fingerprint density at radius 3 is 2.61 bits per heavy atom. The standard InChI is InChI=1S/C32H32ClN5O3/c1-4-40-30-19-27-25(18-28(30)37-31(39)11-8-15-38(2)3)32(23(20-34)21-35-27)36-24-12-13-29(26(33)17-24)41-16-14-22-9-6-5-7-10-22/h5-13,17-19,21H,4,14-16H2,1-3H3,(H,35,36)(H,37,39)/b11-8+. The van der Waals surface area contributed by atoms with E-state index >= 15 is 0 Å². The number of aromatic nitrogens is 1. The second-order valence-electron chi connectivity index (χ2n) is 9.47. The summed E-state index contributed by atoms with van der Waals surface area (Å²) in [6.07, 6.45) is 5.53. The van der Waals surface area contributed by atoms with Crippen molar-refractivity contribution in [3.63, 3.8) is 0 Å². The summed E-state index contributed by atoms with van der Waals surface area (Å²) in [5.41, 5.74) is 3.79. The minimum Gasteiger partial charge on any atom is -0.492 e. The molecular formula is C32H32ClN5O3. The van der Waals surface area contributed by atoms with Crippen LogP contribution in [0.25, 0.3) is 10.9 Å². The molecule has 41 heavy (non-hydrogen) atoms. The lowest BCUT2D eigenvalue weighted by Gasteiger charge is -2.16. The molecule has 2 N–H and O–H groups in total. The van der Waals surface area contributed by atoms with Crippen molar-refractivity contribution in [2.75, 3.05) is 44.5 Å². The van der Waals surface area contributed by atoms with Gasteiger partial charge < -0.3 is 25.0 Å². The van der Waals surface area contributed by atoms with Gasteiger partial charge in [-0.15, -0.1) is 0 Å². The van der Waals surface area contributed by atoms with Crippen molar-refractivity contribution in [3.8, 4) is 17.6 Å². The van der Waals surface area contributed by atoms with Gasteiger partial charge in [-0.3, -0.25) is 9.78 Å². The Morgan fingerprint density at radius 2 is 1.90 bits per heavy atom. The largest absolute Gasteiger partial charge is 0.492 e. The molecule has 0 aliphatic carbocycles. The van der Waals surface area contributed by atoms with Crippen LogP contribution < -0.4 is 20.1 Å². The van der Waals surface area contributed by atoms with Gasteiger partial charge in [0.25, 0.3) is 0 Å². The molecule has 0 bridgehead atoms. The van der Waals surface area contributed by atoms with E-state index in [-0.39, 0.29) is 5.91 Å². The van der Waals surface area contributed by atoms with Crippen LogP contribution in [0.1, 0.15) is 18.1 Å². The van der Waals surface area contributed by atoms with E-state index in [1.807, 2.05) is 50.2 Å². The Hall–Kier alpha value is -4.58. The summed E-state index contributed by atoms with van der Waals surface area (Å²) >= 11 is 6.55. The second-order valence-corrected chi connectivity index (χ2v) is 9.87. The van der Waals surface area contributed by atoms with Gasteiger partial charge in [-0.25, -0.2) is 0 Å². The minimum atomic E-state index is -0.291. The molecule has 4 aromatic rings. The number of fused-ring (bicyclic) bond motifs is 1. The summed E-state index contributed by atoms with van der Waals surface area (Å²) in [5, 5.41) is 17.1. The molecule has 4 rings (SSSR count). The molecule has 0 unspecified atom stereocenters. The summed E-state index contributed by atoms with van der Waals surface area (Å²) in [6.45, 7) is 3.40. The number of nitrogens with zero attached hydrogens (tertiary/aromatic N) is 3. The lowest BCUT2D eigenvalue weighted by molar-refractivity contribution is -0.111. The summed E-state index contributed by atoms with van der Waals surface area (Å²) in [5.74, 6) is 0.764. The molecule has 8 nitrogen and oxygen atoms in total. The third-order valence-corrected chi connectivity index (χ3v) is 6.37. The highest BCUT2D eigenvalue weighted by atomic mass is 35.5. The van der Waals surface area contributed by atoms with E-state index in [0.717, 1.165) is 6.42 Å². The van der Waals surface area contributed by atoms with Gasteiger partial charge in [-0.2, -0.15) is 5.26 Å². The number of rotatable bonds is 12. The van der Waals surface area contributed by atoms with Crippen molar-refractivity contribution in [1.82, 2.24) is 9.88 Å². The summed E-state index contributed by atoms with van der Waals surface area (Å²) < 4.78 is 11.7. The molecular weight excluding hydrogens is 538 g/mol. The first-order chi connectivity index (χ1) is 19.9. The molecule has 1 heterocycles. The number of halogens is 1. The molecule has 1 amide bonds. The fraction of sp³-hybridized carbons (Fsp3) is 0.219. The Labute approximate surface area is 245 Å². The monoisotopic (exact) mass is 569 g/mol. The molecule has 3 aromatic carbocycles. The zero-order valence-corrected chi connectivity index (χ0v) is 24.0. The Kier molecular flexibility index (Phi) is 10.2. The zero-order chi connectivity index (χ0) is 29.2. The van der Waals surface area contributed by atoms with Crippen molar-refractivity contribution >= 4 is 45.5 Å². The maximum atomic E-state index is 12.6. The number of nitriles is 1. The van der Waals surface area contributed by atoms with E-state index in [0.29, 0.717) is 69.8 Å². The number of ether oxygens (including phenoxy) is 2. The van der Waals surface area contributed by atoms with E-state index < -0.39 is 0 Å². The molecule has 0 atom stereocenters. The zero-order valence-electron chi connectivity index (χ0n) is 23.3. The Balaban J connectivity index is 1.60. The highest BCUT2D eigenvalue weighted by molar-refractivity contribution is 6.32. The maximum Gasteiger partial charge on any atom is 0.248 e. The molecule has 0 aliphatic heterocycles. The number of nitrogens with one attached hydrogen (secondary N) is 2. The van der Waals surface area contributed by atoms with E-state index in [1.165, 1.54) is 17.8 Å². The number of hydrogen-bond donors (Lipinski definition) is 2. The highest BCUT2D eigenvalue weighted by Crippen LogP contribution is 2.37. The van der Waals surface area contributed by atoms with Gasteiger partial charge in [0.15, 0.2) is 0 Å². The number of carbonyl (C=O) groups excluding carboxylic acids is 1. The van der Waals surface area contributed by atoms with Crippen LogP contribution >= 0.6 is 11.6 Å². The van der Waals surface area contributed by atoms with Crippen molar-refractivity contribution in [2.24, 2.45) is 0 Å². The summed E-state index contributed by atoms with van der Waals surface area (Å²) in [6, 6.07) is 21.2. The molecule has 0 saturated carbocycles. The Bertz CT molecular complexity index is 1580. The van der Waals surface area contributed by atoms with Crippen LogP contribution in [-0.4, -0.2) is 49.6 Å². The number of pyridine rings is 1. The van der Waals surface area contributed by atoms with Gasteiger partial charge in [0.05, 0.1) is 40.7 Å². The van der Waals surface area contributed by atoms with E-state index in [9.17, 15) is 10.1 Å². The number of hydrogen-bond acceptors (Lipinski definition) is 7. The van der Waals surface area contributed by atoms with Crippen LogP contribution in [0, 0.1) is 11.3 Å². The van der Waals surface area contributed by atoms with Gasteiger partial charge >= 0.3 is 0 Å². The van der Waals surface area contributed by atoms with Gasteiger partial charge in [0.1, 0.15) is 17.6 Å². The lowest BCUT2D eigenvalue weighted by atomic mass is 10.1. The molecule has 0 spiro atoms. The Morgan fingerprint density at radius 1 is 1.10 bits per heavy atom. The summed E-state index contributed by atoms with van der Waals surface area (Å²) in [4.78, 5) is 19.0. The lowest BCUT2D eigenvalue weighted by Crippen LogP contribution is -2.13. The minimum absolute atomic E-state index is 0.291. The van der Waals surface area contributed by atoms with E-state index in [4.69, 9.17) is 21.1 Å². The van der Waals surface area contributed by atoms with Crippen molar-refractivity contribution in [2.45, 2.75) is 13.3 Å². The maximum absolute atomic E-state index is 12.6. The quantitative estimate of drug-likeness (QED) is 0.186. The first-order valence-corrected chi connectivity index (χ1v) is 13.6. The molecule has 0 radical (unpaired) electrons. The number of benzene rings is 3. The van der Waals surface area contributed by atoms with Crippen LogP contribution in [0.2, 0.25) is 5.02 Å². The van der Waals surface area contributed by atoms with Crippen molar-refractivity contribution in [1.29, 1.82) is 5.26 Å². The van der Waals surface area contributed by atoms with E-state index in [2.05, 4.69) is 33.8 Å². The predicted molar refractivity (Wildman–Crippen MR) is 164 cm³/mol. The van der Waals surface area contributed by atoms with Crippen LogP contribution in [-0.2, 0) is 11.2 Å². The van der Waals surface area contributed by atoms with Crippen molar-refractivity contribution < 1.29 is 14.3 Å². The van der Waals surface area contributed by atoms with Gasteiger partial charge in [0.2, 0.25) is 5.91 Å². The smallest absolute Gasteiger partial charge is 0.248 e. The van der Waals surface area contributed by atoms with Gasteiger partial charge in [-0.1, -0.05) is 48.0 Å². The summed E-state index contributed by atoms with van der Waals surface area (Å²) in [7, 11) is 3.85. The van der Waals surface area contributed by atoms with Gasteiger partial charge in [-0.05, 0) is 50.8 Å². The predicted octanol–water partition coefficient (Wildman–Crippen LogP) is 6.58. The van der Waals surface area contributed by atoms with Crippen molar-refractivity contribution in [3.05, 3.63) is 95.2 Å². The fourth-order valence-electron chi connectivity index (χ4n) is 4.12. The average molecular weight is 570 g/mol. The topological polar surface area (TPSA) is 99.5 Å². The van der Waals surface area contributed by atoms with E-state index in [1.54, 1.807) is 30.3 Å². The van der Waals surface area contributed by atoms with Crippen LogP contribution in [0.4, 0.5) is 17.1 Å². The first kappa shape index (κ1) is 29.4. The molecule has 0 fully saturated rings. The molecule has 0 aliphatic rings. The SMILES string of the molecule is CCOc1cc2ncc(C#N)c(Nc3ccc(OCCc4ccccc4)c(Cl)c3)c2cc1NC(=O)/C=C/CN(C)C. The number of carbonyl (C=O) groups is 1. The number of likely N-dealkylation sites (N-methyl/N-ethyl adjacent to an activating group) is 1. The van der Waals surface area contributed by atoms with Crippen LogP contribution in [0.5, 0.6) is 11.5 Å². The third-order valence-electron chi connectivity index (χ3n) is 6.08.